The Morgan fingerprint density at radius 1 is 1.15 bits per heavy atom. The number of thioether (sulfide) groups is 1. The molecular weight excluding hydrogens is 362 g/mol. The molecule has 8 heteroatoms. The molecule has 0 aliphatic rings. The van der Waals surface area contributed by atoms with Crippen LogP contribution in [-0.4, -0.2) is 31.5 Å². The molecule has 1 amide bonds. The summed E-state index contributed by atoms with van der Waals surface area (Å²) in [6, 6.07) is 13.1. The molecule has 4 aromatic rings. The monoisotopic (exact) mass is 379 g/mol. The van der Waals surface area contributed by atoms with Gasteiger partial charge in [-0.3, -0.25) is 4.79 Å². The molecule has 0 aliphatic carbocycles. The summed E-state index contributed by atoms with van der Waals surface area (Å²) in [5.74, 6) is 0.766. The standard InChI is InChI=1S/C19H17N5O2S/c1-12-5-3-6-14(13(12)2)20-18(25)11-27-19-22-21-17-9-8-15(23-24(17)19)16-7-4-10-26-16/h3-10H,11H2,1-2H3,(H,20,25). The van der Waals surface area contributed by atoms with Gasteiger partial charge in [0.1, 0.15) is 5.69 Å². The number of aryl methyl sites for hydroxylation is 1. The molecule has 3 heterocycles. The first-order valence-electron chi connectivity index (χ1n) is 8.37. The van der Waals surface area contributed by atoms with E-state index in [2.05, 4.69) is 20.6 Å². The van der Waals surface area contributed by atoms with E-state index in [1.165, 1.54) is 11.8 Å². The number of rotatable bonds is 5. The summed E-state index contributed by atoms with van der Waals surface area (Å²) in [6.45, 7) is 4.01. The Hall–Kier alpha value is -3.13. The van der Waals surface area contributed by atoms with E-state index in [9.17, 15) is 4.79 Å². The first-order chi connectivity index (χ1) is 13.1. The number of fused-ring (bicyclic) bond motifs is 1. The van der Waals surface area contributed by atoms with Gasteiger partial charge in [0.15, 0.2) is 11.4 Å². The van der Waals surface area contributed by atoms with Crippen molar-refractivity contribution in [3.8, 4) is 11.5 Å². The second-order valence-corrected chi connectivity index (χ2v) is 6.98. The van der Waals surface area contributed by atoms with Gasteiger partial charge in [-0.25, -0.2) is 0 Å². The van der Waals surface area contributed by atoms with E-state index in [1.54, 1.807) is 16.8 Å². The normalized spacial score (nSPS) is 11.0. The van der Waals surface area contributed by atoms with Gasteiger partial charge in [0.05, 0.1) is 12.0 Å². The van der Waals surface area contributed by atoms with Crippen LogP contribution >= 0.6 is 11.8 Å². The highest BCUT2D eigenvalue weighted by molar-refractivity contribution is 7.99. The van der Waals surface area contributed by atoms with E-state index in [-0.39, 0.29) is 11.7 Å². The third-order valence-electron chi connectivity index (χ3n) is 4.22. The maximum atomic E-state index is 12.3. The molecular formula is C19H17N5O2S. The molecule has 136 valence electrons. The number of hydrogen-bond donors (Lipinski definition) is 1. The first-order valence-corrected chi connectivity index (χ1v) is 9.35. The maximum absolute atomic E-state index is 12.3. The fourth-order valence-corrected chi connectivity index (χ4v) is 3.31. The highest BCUT2D eigenvalue weighted by Crippen LogP contribution is 2.22. The van der Waals surface area contributed by atoms with Crippen LogP contribution in [0.5, 0.6) is 0 Å². The lowest BCUT2D eigenvalue weighted by atomic mass is 10.1. The number of hydrogen-bond acceptors (Lipinski definition) is 6. The average Bonchev–Trinajstić information content (AvgIpc) is 3.33. The Balaban J connectivity index is 1.49. The lowest BCUT2D eigenvalue weighted by molar-refractivity contribution is -0.113. The summed E-state index contributed by atoms with van der Waals surface area (Å²) in [6.07, 6.45) is 1.60. The van der Waals surface area contributed by atoms with Gasteiger partial charge in [-0.15, -0.1) is 10.2 Å². The van der Waals surface area contributed by atoms with Crippen LogP contribution in [0.4, 0.5) is 5.69 Å². The third kappa shape index (κ3) is 3.56. The zero-order valence-corrected chi connectivity index (χ0v) is 15.7. The minimum atomic E-state index is -0.104. The number of nitrogens with one attached hydrogen (secondary N) is 1. The number of aromatic nitrogens is 4. The molecule has 0 spiro atoms. The average molecular weight is 379 g/mol. The molecule has 0 radical (unpaired) electrons. The van der Waals surface area contributed by atoms with Gasteiger partial charge in [0.2, 0.25) is 11.1 Å². The van der Waals surface area contributed by atoms with E-state index in [1.807, 2.05) is 50.2 Å². The Labute approximate surface area is 159 Å². The summed E-state index contributed by atoms with van der Waals surface area (Å²) >= 11 is 1.28. The number of amides is 1. The second-order valence-electron chi connectivity index (χ2n) is 6.03. The number of benzene rings is 1. The number of carbonyl (C=O) groups is 1. The summed E-state index contributed by atoms with van der Waals surface area (Å²) in [7, 11) is 0. The first kappa shape index (κ1) is 17.3. The van der Waals surface area contributed by atoms with Crippen LogP contribution in [0.25, 0.3) is 17.1 Å². The third-order valence-corrected chi connectivity index (χ3v) is 5.14. The van der Waals surface area contributed by atoms with E-state index in [0.29, 0.717) is 22.3 Å². The topological polar surface area (TPSA) is 85.3 Å². The summed E-state index contributed by atoms with van der Waals surface area (Å²) in [5.41, 5.74) is 4.31. The largest absolute Gasteiger partial charge is 0.463 e. The van der Waals surface area contributed by atoms with E-state index < -0.39 is 0 Å². The Bertz CT molecular complexity index is 1100. The van der Waals surface area contributed by atoms with Crippen molar-refractivity contribution in [2.24, 2.45) is 0 Å². The van der Waals surface area contributed by atoms with Crippen LogP contribution in [0, 0.1) is 13.8 Å². The molecule has 0 saturated heterocycles. The van der Waals surface area contributed by atoms with Gasteiger partial charge in [-0.05, 0) is 55.3 Å². The summed E-state index contributed by atoms with van der Waals surface area (Å²) in [4.78, 5) is 12.3. The fourth-order valence-electron chi connectivity index (χ4n) is 2.62. The Kier molecular flexibility index (Phi) is 4.64. The van der Waals surface area contributed by atoms with Crippen LogP contribution in [0.1, 0.15) is 11.1 Å². The molecule has 0 atom stereocenters. The van der Waals surface area contributed by atoms with Gasteiger partial charge in [0, 0.05) is 5.69 Å². The van der Waals surface area contributed by atoms with Crippen molar-refractivity contribution in [1.82, 2.24) is 19.8 Å². The van der Waals surface area contributed by atoms with Gasteiger partial charge >= 0.3 is 0 Å². The minimum absolute atomic E-state index is 0.104. The summed E-state index contributed by atoms with van der Waals surface area (Å²) in [5, 5.41) is 16.2. The quantitative estimate of drug-likeness (QED) is 0.532. The zero-order chi connectivity index (χ0) is 18.8. The predicted octanol–water partition coefficient (Wildman–Crippen LogP) is 3.73. The van der Waals surface area contributed by atoms with Gasteiger partial charge in [0.25, 0.3) is 0 Å². The van der Waals surface area contributed by atoms with Crippen molar-refractivity contribution in [3.05, 3.63) is 59.9 Å². The van der Waals surface area contributed by atoms with Crippen LogP contribution in [-0.2, 0) is 4.79 Å². The van der Waals surface area contributed by atoms with Crippen LogP contribution in [0.3, 0.4) is 0 Å². The zero-order valence-electron chi connectivity index (χ0n) is 14.8. The highest BCUT2D eigenvalue weighted by Gasteiger charge is 2.13. The molecule has 0 unspecified atom stereocenters. The van der Waals surface area contributed by atoms with Crippen molar-refractivity contribution >= 4 is 29.0 Å². The smallest absolute Gasteiger partial charge is 0.234 e. The predicted molar refractivity (Wildman–Crippen MR) is 104 cm³/mol. The van der Waals surface area contributed by atoms with Gasteiger partial charge < -0.3 is 9.73 Å². The molecule has 0 aliphatic heterocycles. The molecule has 3 aromatic heterocycles. The molecule has 1 N–H and O–H groups in total. The molecule has 0 saturated carbocycles. The van der Waals surface area contributed by atoms with Crippen molar-refractivity contribution in [2.75, 3.05) is 11.1 Å². The molecule has 4 rings (SSSR count). The van der Waals surface area contributed by atoms with E-state index >= 15 is 0 Å². The van der Waals surface area contributed by atoms with E-state index in [0.717, 1.165) is 16.8 Å². The van der Waals surface area contributed by atoms with Crippen molar-refractivity contribution < 1.29 is 9.21 Å². The lowest BCUT2D eigenvalue weighted by Gasteiger charge is -2.09. The maximum Gasteiger partial charge on any atom is 0.234 e. The molecule has 1 aromatic carbocycles. The SMILES string of the molecule is Cc1cccc(NC(=O)CSc2nnc3ccc(-c4ccco4)nn23)c1C. The highest BCUT2D eigenvalue weighted by atomic mass is 32.2. The summed E-state index contributed by atoms with van der Waals surface area (Å²) < 4.78 is 7.00. The van der Waals surface area contributed by atoms with Crippen molar-refractivity contribution in [2.45, 2.75) is 19.0 Å². The minimum Gasteiger partial charge on any atom is -0.463 e. The number of anilines is 1. The molecule has 0 fully saturated rings. The second kappa shape index (κ2) is 7.24. The van der Waals surface area contributed by atoms with Crippen LogP contribution in [0.15, 0.2) is 58.3 Å². The number of nitrogens with zero attached hydrogens (tertiary/aromatic N) is 4. The van der Waals surface area contributed by atoms with Crippen LogP contribution in [0.2, 0.25) is 0 Å². The number of furan rings is 1. The van der Waals surface area contributed by atoms with Gasteiger partial charge in [-0.1, -0.05) is 23.9 Å². The molecule has 27 heavy (non-hydrogen) atoms. The van der Waals surface area contributed by atoms with E-state index in [4.69, 9.17) is 4.42 Å². The lowest BCUT2D eigenvalue weighted by Crippen LogP contribution is -2.15. The van der Waals surface area contributed by atoms with Crippen molar-refractivity contribution in [3.63, 3.8) is 0 Å². The van der Waals surface area contributed by atoms with Crippen molar-refractivity contribution in [1.29, 1.82) is 0 Å². The molecule has 0 bridgehead atoms. The Morgan fingerprint density at radius 3 is 2.85 bits per heavy atom. The fraction of sp³-hybridized carbons (Fsp3) is 0.158. The Morgan fingerprint density at radius 2 is 2.04 bits per heavy atom. The van der Waals surface area contributed by atoms with Gasteiger partial charge in [-0.2, -0.15) is 9.61 Å². The number of carbonyl (C=O) groups excluding carboxylic acids is 1. The molecule has 7 nitrogen and oxygen atoms in total. The van der Waals surface area contributed by atoms with Crippen LogP contribution < -0.4 is 5.32 Å².